The van der Waals surface area contributed by atoms with E-state index in [1.165, 1.54) is 11.3 Å². The summed E-state index contributed by atoms with van der Waals surface area (Å²) in [6.07, 6.45) is 1.09. The minimum absolute atomic E-state index is 0.237. The van der Waals surface area contributed by atoms with Crippen molar-refractivity contribution >= 4 is 17.3 Å². The van der Waals surface area contributed by atoms with Gasteiger partial charge in [0.25, 0.3) is 0 Å². The molecule has 0 saturated carbocycles. The van der Waals surface area contributed by atoms with Gasteiger partial charge >= 0.3 is 5.97 Å². The van der Waals surface area contributed by atoms with Gasteiger partial charge in [0.1, 0.15) is 9.88 Å². The van der Waals surface area contributed by atoms with Crippen LogP contribution in [-0.4, -0.2) is 24.1 Å². The lowest BCUT2D eigenvalue weighted by Crippen LogP contribution is -2.13. The van der Waals surface area contributed by atoms with E-state index in [1.54, 1.807) is 0 Å². The van der Waals surface area contributed by atoms with Gasteiger partial charge in [-0.25, -0.2) is 9.78 Å². The van der Waals surface area contributed by atoms with Crippen molar-refractivity contribution in [1.29, 1.82) is 0 Å². The van der Waals surface area contributed by atoms with E-state index in [0.29, 0.717) is 11.5 Å². The highest BCUT2D eigenvalue weighted by Crippen LogP contribution is 2.26. The van der Waals surface area contributed by atoms with Crippen molar-refractivity contribution in [2.24, 2.45) is 0 Å². The average Bonchev–Trinajstić information content (AvgIpc) is 2.74. The van der Waals surface area contributed by atoms with Crippen molar-refractivity contribution in [3.05, 3.63) is 15.6 Å². The second-order valence-corrected chi connectivity index (χ2v) is 5.46. The summed E-state index contributed by atoms with van der Waals surface area (Å²) in [5.41, 5.74) is 0.853. The van der Waals surface area contributed by atoms with E-state index in [0.717, 1.165) is 30.2 Å². The molecule has 5 heteroatoms. The number of esters is 1. The minimum Gasteiger partial charge on any atom is -0.462 e. The largest absolute Gasteiger partial charge is 0.462 e. The quantitative estimate of drug-likeness (QED) is 0.611. The molecule has 1 heterocycles. The number of ether oxygens (including phenoxy) is 1. The summed E-state index contributed by atoms with van der Waals surface area (Å²) in [6.45, 7) is 10.1. The monoisotopic (exact) mass is 270 g/mol. The third-order valence-corrected chi connectivity index (χ3v) is 3.46. The number of nitrogens with one attached hydrogen (secondary N) is 1. The molecule has 0 amide bonds. The van der Waals surface area contributed by atoms with Crippen LogP contribution in [-0.2, 0) is 11.3 Å². The van der Waals surface area contributed by atoms with Crippen LogP contribution in [0.2, 0.25) is 0 Å². The lowest BCUT2D eigenvalue weighted by atomic mass is 10.1. The number of carbonyl (C=O) groups excluding carboxylic acids is 1. The Bertz CT molecular complexity index is 388. The smallest absolute Gasteiger partial charge is 0.350 e. The Morgan fingerprint density at radius 2 is 2.17 bits per heavy atom. The standard InChI is InChI=1S/C13H22N2O2S/c1-5-7-14-8-10-15-11(9(3)4)12(18-10)13(16)17-6-2/h9,14H,5-8H2,1-4H3. The van der Waals surface area contributed by atoms with Crippen LogP contribution in [0.1, 0.15) is 60.4 Å². The average molecular weight is 270 g/mol. The molecule has 0 unspecified atom stereocenters. The summed E-state index contributed by atoms with van der Waals surface area (Å²) in [6, 6.07) is 0. The summed E-state index contributed by atoms with van der Waals surface area (Å²) in [4.78, 5) is 17.0. The number of hydrogen-bond donors (Lipinski definition) is 1. The zero-order valence-electron chi connectivity index (χ0n) is 11.6. The van der Waals surface area contributed by atoms with Gasteiger partial charge in [-0.15, -0.1) is 11.3 Å². The van der Waals surface area contributed by atoms with Gasteiger partial charge in [0, 0.05) is 6.54 Å². The highest BCUT2D eigenvalue weighted by atomic mass is 32.1. The van der Waals surface area contributed by atoms with E-state index in [4.69, 9.17) is 4.74 Å². The molecule has 4 nitrogen and oxygen atoms in total. The Hall–Kier alpha value is -0.940. The molecule has 0 aliphatic rings. The summed E-state index contributed by atoms with van der Waals surface area (Å²) >= 11 is 1.44. The van der Waals surface area contributed by atoms with Crippen molar-refractivity contribution in [3.63, 3.8) is 0 Å². The summed E-state index contributed by atoms with van der Waals surface area (Å²) in [5, 5.41) is 4.25. The molecule has 0 bridgehead atoms. The molecule has 0 aromatic carbocycles. The maximum absolute atomic E-state index is 11.8. The van der Waals surface area contributed by atoms with Crippen LogP contribution in [0.3, 0.4) is 0 Å². The molecule has 0 saturated heterocycles. The first kappa shape index (κ1) is 15.1. The van der Waals surface area contributed by atoms with E-state index in [-0.39, 0.29) is 11.9 Å². The van der Waals surface area contributed by atoms with Crippen molar-refractivity contribution in [3.8, 4) is 0 Å². The number of rotatable bonds is 7. The molecule has 18 heavy (non-hydrogen) atoms. The molecule has 102 valence electrons. The van der Waals surface area contributed by atoms with Crippen LogP contribution in [0.5, 0.6) is 0 Å². The van der Waals surface area contributed by atoms with Gasteiger partial charge in [-0.05, 0) is 25.8 Å². The van der Waals surface area contributed by atoms with E-state index in [9.17, 15) is 4.79 Å². The van der Waals surface area contributed by atoms with Crippen LogP contribution in [0.15, 0.2) is 0 Å². The van der Waals surface area contributed by atoms with Crippen LogP contribution in [0, 0.1) is 0 Å². The minimum atomic E-state index is -0.250. The van der Waals surface area contributed by atoms with Gasteiger partial charge in [0.15, 0.2) is 0 Å². The Balaban J connectivity index is 2.83. The van der Waals surface area contributed by atoms with Crippen molar-refractivity contribution < 1.29 is 9.53 Å². The lowest BCUT2D eigenvalue weighted by Gasteiger charge is -2.04. The second-order valence-electron chi connectivity index (χ2n) is 4.37. The molecule has 1 aromatic heterocycles. The molecule has 0 radical (unpaired) electrons. The Kier molecular flexibility index (Phi) is 6.29. The molecule has 0 aliphatic heterocycles. The van der Waals surface area contributed by atoms with Gasteiger partial charge in [0.2, 0.25) is 0 Å². The molecule has 0 fully saturated rings. The molecular formula is C13H22N2O2S. The normalized spacial score (nSPS) is 10.9. The maximum Gasteiger partial charge on any atom is 0.350 e. The summed E-state index contributed by atoms with van der Waals surface area (Å²) < 4.78 is 5.07. The van der Waals surface area contributed by atoms with Crippen LogP contribution in [0.4, 0.5) is 0 Å². The van der Waals surface area contributed by atoms with E-state index < -0.39 is 0 Å². The molecular weight excluding hydrogens is 248 g/mol. The zero-order valence-corrected chi connectivity index (χ0v) is 12.4. The Morgan fingerprint density at radius 1 is 1.44 bits per heavy atom. The molecule has 0 atom stereocenters. The maximum atomic E-state index is 11.8. The topological polar surface area (TPSA) is 51.2 Å². The lowest BCUT2D eigenvalue weighted by molar-refractivity contribution is 0.0530. The molecule has 1 N–H and O–H groups in total. The van der Waals surface area contributed by atoms with Crippen LogP contribution >= 0.6 is 11.3 Å². The first-order valence-corrected chi connectivity index (χ1v) is 7.29. The molecule has 1 rings (SSSR count). The van der Waals surface area contributed by atoms with Crippen LogP contribution < -0.4 is 5.32 Å². The van der Waals surface area contributed by atoms with Gasteiger partial charge in [-0.3, -0.25) is 0 Å². The molecule has 0 aliphatic carbocycles. The fourth-order valence-electron chi connectivity index (χ4n) is 1.56. The Labute approximate surface area is 113 Å². The SMILES string of the molecule is CCCNCc1nc(C(C)C)c(C(=O)OCC)s1. The fraction of sp³-hybridized carbons (Fsp3) is 0.692. The number of nitrogens with zero attached hydrogens (tertiary/aromatic N) is 1. The van der Waals surface area contributed by atoms with E-state index in [1.807, 2.05) is 20.8 Å². The first-order chi connectivity index (χ1) is 8.60. The third kappa shape index (κ3) is 4.07. The number of thiazole rings is 1. The zero-order chi connectivity index (χ0) is 13.5. The van der Waals surface area contributed by atoms with E-state index in [2.05, 4.69) is 17.2 Å². The van der Waals surface area contributed by atoms with Gasteiger partial charge in [-0.2, -0.15) is 0 Å². The summed E-state index contributed by atoms with van der Waals surface area (Å²) in [7, 11) is 0. The summed E-state index contributed by atoms with van der Waals surface area (Å²) in [5.74, 6) is -0.0129. The van der Waals surface area contributed by atoms with Crippen molar-refractivity contribution in [2.75, 3.05) is 13.2 Å². The van der Waals surface area contributed by atoms with Crippen molar-refractivity contribution in [2.45, 2.75) is 46.6 Å². The second kappa shape index (κ2) is 7.48. The molecule has 0 spiro atoms. The van der Waals surface area contributed by atoms with Gasteiger partial charge in [0.05, 0.1) is 12.3 Å². The first-order valence-electron chi connectivity index (χ1n) is 6.47. The number of carbonyl (C=O) groups is 1. The number of aromatic nitrogens is 1. The van der Waals surface area contributed by atoms with Gasteiger partial charge < -0.3 is 10.1 Å². The third-order valence-electron chi connectivity index (χ3n) is 2.41. The predicted molar refractivity (Wildman–Crippen MR) is 74.2 cm³/mol. The highest BCUT2D eigenvalue weighted by Gasteiger charge is 2.20. The highest BCUT2D eigenvalue weighted by molar-refractivity contribution is 7.13. The van der Waals surface area contributed by atoms with Crippen LogP contribution in [0.25, 0.3) is 0 Å². The predicted octanol–water partition coefficient (Wildman–Crippen LogP) is 2.94. The number of hydrogen-bond acceptors (Lipinski definition) is 5. The van der Waals surface area contributed by atoms with Crippen molar-refractivity contribution in [1.82, 2.24) is 10.3 Å². The molecule has 1 aromatic rings. The Morgan fingerprint density at radius 3 is 2.72 bits per heavy atom. The van der Waals surface area contributed by atoms with E-state index >= 15 is 0 Å². The van der Waals surface area contributed by atoms with Gasteiger partial charge in [-0.1, -0.05) is 20.8 Å². The fourth-order valence-corrected chi connectivity index (χ4v) is 2.64.